The minimum atomic E-state index is -0.426. The highest BCUT2D eigenvalue weighted by atomic mass is 32.2. The molecule has 0 aliphatic rings. The molecule has 8 nitrogen and oxygen atoms in total. The Balaban J connectivity index is 1.89. The molecule has 2 aromatic heterocycles. The lowest BCUT2D eigenvalue weighted by atomic mass is 10.1. The third kappa shape index (κ3) is 5.53. The first kappa shape index (κ1) is 24.3. The number of halogens is 1. The van der Waals surface area contributed by atoms with E-state index in [2.05, 4.69) is 26.5 Å². The van der Waals surface area contributed by atoms with E-state index in [-0.39, 0.29) is 0 Å². The van der Waals surface area contributed by atoms with Gasteiger partial charge in [-0.15, -0.1) is 21.5 Å². The van der Waals surface area contributed by atoms with Crippen LogP contribution < -0.4 is 4.72 Å². The number of hydrogen-bond donors (Lipinski definition) is 1. The van der Waals surface area contributed by atoms with Gasteiger partial charge < -0.3 is 9.47 Å². The summed E-state index contributed by atoms with van der Waals surface area (Å²) in [6, 6.07) is 6.26. The number of nitrogens with zero attached hydrogens (tertiary/aromatic N) is 5. The molecule has 0 aliphatic carbocycles. The molecule has 0 bridgehead atoms. The van der Waals surface area contributed by atoms with E-state index in [0.717, 1.165) is 11.3 Å². The minimum Gasteiger partial charge on any atom is -0.499 e. The summed E-state index contributed by atoms with van der Waals surface area (Å²) >= 11 is 2.83. The molecule has 3 aromatic rings. The highest BCUT2D eigenvalue weighted by Gasteiger charge is 2.24. The van der Waals surface area contributed by atoms with E-state index in [1.54, 1.807) is 24.7 Å². The zero-order valence-electron chi connectivity index (χ0n) is 18.7. The van der Waals surface area contributed by atoms with Crippen molar-refractivity contribution in [2.45, 2.75) is 20.3 Å². The zero-order chi connectivity index (χ0) is 24.0. The Hall–Kier alpha value is -3.36. The topological polar surface area (TPSA) is 97.9 Å². The van der Waals surface area contributed by atoms with Crippen LogP contribution in [0.25, 0.3) is 16.5 Å². The Kier molecular flexibility index (Phi) is 8.08. The van der Waals surface area contributed by atoms with E-state index in [1.165, 1.54) is 42.5 Å². The third-order valence-electron chi connectivity index (χ3n) is 4.68. The second-order valence-corrected chi connectivity index (χ2v) is 8.59. The second kappa shape index (κ2) is 11.0. The van der Waals surface area contributed by atoms with Gasteiger partial charge in [-0.3, -0.25) is 9.29 Å². The lowest BCUT2D eigenvalue weighted by Gasteiger charge is -2.17. The van der Waals surface area contributed by atoms with E-state index in [9.17, 15) is 9.65 Å². The first-order valence-electron chi connectivity index (χ1n) is 9.82. The summed E-state index contributed by atoms with van der Waals surface area (Å²) in [5, 5.41) is 20.5. The molecule has 0 fully saturated rings. The van der Waals surface area contributed by atoms with Crippen molar-refractivity contribution in [3.63, 3.8) is 0 Å². The first-order chi connectivity index (χ1) is 15.9. The predicted molar refractivity (Wildman–Crippen MR) is 129 cm³/mol. The molecule has 0 amide bonds. The number of nitrogens with one attached hydrogen (secondary N) is 1. The lowest BCUT2D eigenvalue weighted by molar-refractivity contribution is 0.279. The Labute approximate surface area is 199 Å². The van der Waals surface area contributed by atoms with Gasteiger partial charge >= 0.3 is 0 Å². The zero-order valence-corrected chi connectivity index (χ0v) is 20.3. The number of aryl methyl sites for hydroxylation is 2. The quantitative estimate of drug-likeness (QED) is 0.185. The molecule has 0 saturated heterocycles. The standard InChI is InChI=1S/C22H23FN6O2S2/c1-13-12-32-21(25-13)20-26-27-22(29(20)19(14(2)30-4)15(3)31-5)28-33-9-8-16-6-7-18(23)10-17(16)11-24/h6-7,10,12H,2,8-9H2,1,3-5H3,(H,27,28)/b19-15-. The fraction of sp³-hybridized carbons (Fsp3) is 0.273. The smallest absolute Gasteiger partial charge is 0.239 e. The molecular weight excluding hydrogens is 463 g/mol. The van der Waals surface area contributed by atoms with Gasteiger partial charge in [-0.25, -0.2) is 9.37 Å². The molecule has 0 unspecified atom stereocenters. The number of anilines is 1. The molecule has 0 atom stereocenters. The summed E-state index contributed by atoms with van der Waals surface area (Å²) in [4.78, 5) is 4.54. The van der Waals surface area contributed by atoms with Crippen molar-refractivity contribution in [2.24, 2.45) is 0 Å². The van der Waals surface area contributed by atoms with E-state index >= 15 is 0 Å². The van der Waals surface area contributed by atoms with Crippen LogP contribution in [-0.4, -0.2) is 39.7 Å². The Morgan fingerprint density at radius 1 is 1.33 bits per heavy atom. The average Bonchev–Trinajstić information content (AvgIpc) is 3.43. The number of ether oxygens (including phenoxy) is 2. The van der Waals surface area contributed by atoms with Gasteiger partial charge in [-0.2, -0.15) is 5.26 Å². The van der Waals surface area contributed by atoms with Crippen molar-refractivity contribution in [1.29, 1.82) is 5.26 Å². The van der Waals surface area contributed by atoms with Crippen LogP contribution in [-0.2, 0) is 15.9 Å². The molecule has 1 aromatic carbocycles. The van der Waals surface area contributed by atoms with Gasteiger partial charge in [0.05, 0.1) is 25.9 Å². The number of aromatic nitrogens is 4. The molecule has 172 valence electrons. The van der Waals surface area contributed by atoms with Crippen molar-refractivity contribution in [3.8, 4) is 16.9 Å². The number of thiazole rings is 1. The van der Waals surface area contributed by atoms with Gasteiger partial charge in [0, 0.05) is 16.8 Å². The Bertz CT molecular complexity index is 1230. The molecule has 33 heavy (non-hydrogen) atoms. The fourth-order valence-electron chi connectivity index (χ4n) is 2.98. The number of methoxy groups -OCH3 is 2. The molecule has 0 spiro atoms. The van der Waals surface area contributed by atoms with Crippen LogP contribution in [0, 0.1) is 24.1 Å². The maximum Gasteiger partial charge on any atom is 0.239 e. The largest absolute Gasteiger partial charge is 0.499 e. The van der Waals surface area contributed by atoms with Gasteiger partial charge in [-0.1, -0.05) is 12.6 Å². The molecule has 3 rings (SSSR count). The highest BCUT2D eigenvalue weighted by molar-refractivity contribution is 8.00. The number of allylic oxidation sites excluding steroid dienone is 2. The Morgan fingerprint density at radius 3 is 2.76 bits per heavy atom. The van der Waals surface area contributed by atoms with E-state index in [1.807, 2.05) is 18.4 Å². The van der Waals surface area contributed by atoms with Crippen LogP contribution in [0.5, 0.6) is 0 Å². The third-order valence-corrected chi connectivity index (χ3v) is 6.37. The summed E-state index contributed by atoms with van der Waals surface area (Å²) in [7, 11) is 3.09. The SMILES string of the molecule is C=C(OC)/C(=C(\C)OC)n1c(NSCCc2ccc(F)cc2C#N)nnc1-c1nc(C)cs1. The number of nitriles is 1. The average molecular weight is 487 g/mol. The molecule has 2 heterocycles. The summed E-state index contributed by atoms with van der Waals surface area (Å²) in [5.41, 5.74) is 2.54. The maximum absolute atomic E-state index is 13.4. The molecule has 0 saturated carbocycles. The number of rotatable bonds is 10. The van der Waals surface area contributed by atoms with E-state index in [0.29, 0.717) is 51.7 Å². The van der Waals surface area contributed by atoms with Gasteiger partial charge in [0.1, 0.15) is 23.0 Å². The van der Waals surface area contributed by atoms with Crippen molar-refractivity contribution in [2.75, 3.05) is 24.7 Å². The first-order valence-corrected chi connectivity index (χ1v) is 11.7. The maximum atomic E-state index is 13.4. The normalized spacial score (nSPS) is 11.5. The second-order valence-electron chi connectivity index (χ2n) is 6.83. The number of benzene rings is 1. The molecule has 1 N–H and O–H groups in total. The minimum absolute atomic E-state index is 0.331. The van der Waals surface area contributed by atoms with Crippen LogP contribution >= 0.6 is 23.3 Å². The van der Waals surface area contributed by atoms with Gasteiger partial charge in [0.15, 0.2) is 10.8 Å². The van der Waals surface area contributed by atoms with Gasteiger partial charge in [0.25, 0.3) is 0 Å². The van der Waals surface area contributed by atoms with Crippen LogP contribution in [0.4, 0.5) is 10.3 Å². The van der Waals surface area contributed by atoms with Crippen molar-refractivity contribution in [1.82, 2.24) is 19.7 Å². The van der Waals surface area contributed by atoms with Crippen LogP contribution in [0.1, 0.15) is 23.7 Å². The summed E-state index contributed by atoms with van der Waals surface area (Å²) in [6.45, 7) is 7.70. The van der Waals surface area contributed by atoms with Crippen LogP contribution in [0.15, 0.2) is 41.7 Å². The summed E-state index contributed by atoms with van der Waals surface area (Å²) < 4.78 is 29.2. The van der Waals surface area contributed by atoms with Crippen molar-refractivity contribution in [3.05, 3.63) is 64.3 Å². The van der Waals surface area contributed by atoms with Gasteiger partial charge in [0.2, 0.25) is 5.95 Å². The molecule has 0 aliphatic heterocycles. The van der Waals surface area contributed by atoms with Gasteiger partial charge in [-0.05, 0) is 49.9 Å². The van der Waals surface area contributed by atoms with Crippen molar-refractivity contribution >= 4 is 34.9 Å². The van der Waals surface area contributed by atoms with E-state index in [4.69, 9.17) is 9.47 Å². The van der Waals surface area contributed by atoms with E-state index < -0.39 is 5.82 Å². The predicted octanol–water partition coefficient (Wildman–Crippen LogP) is 5.02. The number of hydrogen-bond acceptors (Lipinski definition) is 9. The van der Waals surface area contributed by atoms with Crippen molar-refractivity contribution < 1.29 is 13.9 Å². The molecular formula is C22H23FN6O2S2. The fourth-order valence-corrected chi connectivity index (χ4v) is 4.43. The summed E-state index contributed by atoms with van der Waals surface area (Å²) in [5.74, 6) is 2.08. The Morgan fingerprint density at radius 2 is 2.12 bits per heavy atom. The monoisotopic (exact) mass is 486 g/mol. The molecule has 11 heteroatoms. The molecule has 0 radical (unpaired) electrons. The highest BCUT2D eigenvalue weighted by Crippen LogP contribution is 2.32. The van der Waals surface area contributed by atoms with Crippen LogP contribution in [0.3, 0.4) is 0 Å². The van der Waals surface area contributed by atoms with Crippen LogP contribution in [0.2, 0.25) is 0 Å². The lowest BCUT2D eigenvalue weighted by Crippen LogP contribution is -2.10. The summed E-state index contributed by atoms with van der Waals surface area (Å²) in [6.07, 6.45) is 0.568.